The van der Waals surface area contributed by atoms with Crippen LogP contribution in [0.5, 0.6) is 11.5 Å². The van der Waals surface area contributed by atoms with Crippen LogP contribution in [-0.4, -0.2) is 41.1 Å². The largest absolute Gasteiger partial charge is 0.490 e. The molecule has 1 amide bonds. The Morgan fingerprint density at radius 3 is 2.43 bits per heavy atom. The van der Waals surface area contributed by atoms with Crippen molar-refractivity contribution in [2.45, 2.75) is 46.7 Å². The zero-order valence-electron chi connectivity index (χ0n) is 18.3. The Bertz CT molecular complexity index is 907. The van der Waals surface area contributed by atoms with E-state index >= 15 is 0 Å². The first-order valence-electron chi connectivity index (χ1n) is 10.1. The molecule has 0 fully saturated rings. The van der Waals surface area contributed by atoms with Crippen LogP contribution in [0, 0.1) is 11.3 Å². The van der Waals surface area contributed by atoms with E-state index in [1.807, 2.05) is 46.8 Å². The normalized spacial score (nSPS) is 11.3. The van der Waals surface area contributed by atoms with Gasteiger partial charge in [-0.25, -0.2) is 0 Å². The highest BCUT2D eigenvalue weighted by Gasteiger charge is 2.21. The van der Waals surface area contributed by atoms with Gasteiger partial charge in [-0.2, -0.15) is 5.26 Å². The van der Waals surface area contributed by atoms with Crippen LogP contribution in [0.2, 0.25) is 0 Å². The molecule has 6 nitrogen and oxygen atoms in total. The molecule has 1 aromatic carbocycles. The summed E-state index contributed by atoms with van der Waals surface area (Å²) in [7, 11) is 0. The van der Waals surface area contributed by atoms with Crippen molar-refractivity contribution in [3.8, 4) is 17.6 Å². The second kappa shape index (κ2) is 11.0. The number of aromatic nitrogens is 1. The van der Waals surface area contributed by atoms with Crippen LogP contribution in [0.15, 0.2) is 42.6 Å². The number of nitriles is 1. The summed E-state index contributed by atoms with van der Waals surface area (Å²) in [4.78, 5) is 18.6. The predicted octanol–water partition coefficient (Wildman–Crippen LogP) is 4.57. The van der Waals surface area contributed by atoms with Crippen molar-refractivity contribution in [1.82, 2.24) is 9.88 Å². The van der Waals surface area contributed by atoms with Crippen LogP contribution < -0.4 is 9.47 Å². The molecule has 0 saturated carbocycles. The first-order valence-corrected chi connectivity index (χ1v) is 10.1. The van der Waals surface area contributed by atoms with Crippen molar-refractivity contribution >= 4 is 17.6 Å². The lowest BCUT2D eigenvalue weighted by Gasteiger charge is -2.30. The van der Waals surface area contributed by atoms with E-state index in [1.54, 1.807) is 41.4 Å². The topological polar surface area (TPSA) is 75.5 Å². The third kappa shape index (κ3) is 6.08. The summed E-state index contributed by atoms with van der Waals surface area (Å²) in [5, 5.41) is 9.50. The Morgan fingerprint density at radius 1 is 1.13 bits per heavy atom. The van der Waals surface area contributed by atoms with E-state index in [0.717, 1.165) is 5.56 Å². The number of carbonyl (C=O) groups is 1. The van der Waals surface area contributed by atoms with Gasteiger partial charge < -0.3 is 14.4 Å². The summed E-state index contributed by atoms with van der Waals surface area (Å²) >= 11 is 0. The molecule has 0 unspecified atom stereocenters. The van der Waals surface area contributed by atoms with E-state index in [0.29, 0.717) is 29.4 Å². The molecule has 0 saturated heterocycles. The highest BCUT2D eigenvalue weighted by molar-refractivity contribution is 5.88. The van der Waals surface area contributed by atoms with Crippen LogP contribution in [0.25, 0.3) is 11.6 Å². The number of pyridine rings is 1. The Hall–Kier alpha value is -3.33. The zero-order chi connectivity index (χ0) is 22.1. The highest BCUT2D eigenvalue weighted by Crippen LogP contribution is 2.30. The molecule has 2 rings (SSSR count). The molecule has 1 aromatic heterocycles. The Kier molecular flexibility index (Phi) is 8.42. The van der Waals surface area contributed by atoms with Gasteiger partial charge in [0.2, 0.25) is 0 Å². The van der Waals surface area contributed by atoms with Crippen LogP contribution in [0.1, 0.15) is 45.9 Å². The summed E-state index contributed by atoms with van der Waals surface area (Å²) in [6.45, 7) is 10.2. The predicted molar refractivity (Wildman–Crippen MR) is 118 cm³/mol. The van der Waals surface area contributed by atoms with Gasteiger partial charge in [-0.05, 0) is 70.5 Å². The molecule has 0 aliphatic heterocycles. The average Bonchev–Trinajstić information content (AvgIpc) is 2.71. The van der Waals surface area contributed by atoms with Gasteiger partial charge in [-0.15, -0.1) is 0 Å². The number of ether oxygens (including phenoxy) is 2. The average molecular weight is 408 g/mol. The molecule has 30 heavy (non-hydrogen) atoms. The molecule has 158 valence electrons. The Morgan fingerprint density at radius 2 is 1.87 bits per heavy atom. The van der Waals surface area contributed by atoms with Crippen molar-refractivity contribution in [3.63, 3.8) is 0 Å². The lowest BCUT2D eigenvalue weighted by molar-refractivity contribution is -0.137. The monoisotopic (exact) mass is 407 g/mol. The van der Waals surface area contributed by atoms with Gasteiger partial charge in [-0.1, -0.05) is 12.1 Å². The van der Waals surface area contributed by atoms with Crippen molar-refractivity contribution in [2.75, 3.05) is 13.2 Å². The molecule has 0 N–H and O–H groups in total. The molecule has 2 aromatic rings. The van der Waals surface area contributed by atoms with Gasteiger partial charge in [0.05, 0.1) is 17.9 Å². The van der Waals surface area contributed by atoms with Gasteiger partial charge in [0.15, 0.2) is 18.1 Å². The van der Waals surface area contributed by atoms with Crippen molar-refractivity contribution in [2.24, 2.45) is 0 Å². The molecule has 1 heterocycles. The standard InChI is InChI=1S/C24H29N3O3/c1-6-29-23-14-19(13-20(15-25)21-9-7-8-12-26-21)10-11-22(23)30-16-24(28)27(17(2)3)18(4)5/h7-14,17-18H,6,16H2,1-5H3. The number of rotatable bonds is 9. The fourth-order valence-electron chi connectivity index (χ4n) is 3.24. The van der Waals surface area contributed by atoms with Gasteiger partial charge in [0.1, 0.15) is 6.07 Å². The summed E-state index contributed by atoms with van der Waals surface area (Å²) in [5.74, 6) is 0.942. The third-order valence-corrected chi connectivity index (χ3v) is 4.39. The molecular formula is C24H29N3O3. The zero-order valence-corrected chi connectivity index (χ0v) is 18.3. The van der Waals surface area contributed by atoms with Gasteiger partial charge in [0, 0.05) is 18.3 Å². The van der Waals surface area contributed by atoms with Crippen molar-refractivity contribution in [1.29, 1.82) is 5.26 Å². The molecule has 0 spiro atoms. The SMILES string of the molecule is CCOc1cc(C=C(C#N)c2ccccn2)ccc1OCC(=O)N(C(C)C)C(C)C. The van der Waals surface area contributed by atoms with E-state index in [1.165, 1.54) is 0 Å². The second-order valence-electron chi connectivity index (χ2n) is 7.30. The second-order valence-corrected chi connectivity index (χ2v) is 7.30. The van der Waals surface area contributed by atoms with E-state index in [2.05, 4.69) is 11.1 Å². The first kappa shape index (κ1) is 23.0. The molecule has 0 bridgehead atoms. The molecular weight excluding hydrogens is 378 g/mol. The highest BCUT2D eigenvalue weighted by atomic mass is 16.5. The van der Waals surface area contributed by atoms with Crippen LogP contribution in [0.3, 0.4) is 0 Å². The molecule has 0 aliphatic rings. The maximum Gasteiger partial charge on any atom is 0.260 e. The minimum atomic E-state index is -0.0756. The molecule has 6 heteroatoms. The Balaban J connectivity index is 2.24. The lowest BCUT2D eigenvalue weighted by Crippen LogP contribution is -2.44. The number of hydrogen-bond acceptors (Lipinski definition) is 5. The fourth-order valence-corrected chi connectivity index (χ4v) is 3.24. The molecule has 0 atom stereocenters. The van der Waals surface area contributed by atoms with Gasteiger partial charge in [-0.3, -0.25) is 9.78 Å². The van der Waals surface area contributed by atoms with E-state index in [-0.39, 0.29) is 24.6 Å². The van der Waals surface area contributed by atoms with Crippen LogP contribution >= 0.6 is 0 Å². The van der Waals surface area contributed by atoms with Gasteiger partial charge in [0.25, 0.3) is 5.91 Å². The Labute approximate surface area is 178 Å². The van der Waals surface area contributed by atoms with E-state index < -0.39 is 0 Å². The number of nitrogens with zero attached hydrogens (tertiary/aromatic N) is 3. The summed E-state index contributed by atoms with van der Waals surface area (Å²) < 4.78 is 11.5. The quantitative estimate of drug-likeness (QED) is 0.569. The van der Waals surface area contributed by atoms with E-state index in [9.17, 15) is 10.1 Å². The van der Waals surface area contributed by atoms with Crippen LogP contribution in [0.4, 0.5) is 0 Å². The maximum absolute atomic E-state index is 12.6. The lowest BCUT2D eigenvalue weighted by atomic mass is 10.1. The van der Waals surface area contributed by atoms with Crippen molar-refractivity contribution < 1.29 is 14.3 Å². The summed E-state index contributed by atoms with van der Waals surface area (Å²) in [6.07, 6.45) is 3.40. The van der Waals surface area contributed by atoms with Crippen molar-refractivity contribution in [3.05, 3.63) is 53.9 Å². The smallest absolute Gasteiger partial charge is 0.260 e. The fraction of sp³-hybridized carbons (Fsp3) is 0.375. The minimum Gasteiger partial charge on any atom is -0.490 e. The summed E-state index contributed by atoms with van der Waals surface area (Å²) in [6, 6.07) is 13.2. The summed E-state index contributed by atoms with van der Waals surface area (Å²) in [5.41, 5.74) is 1.84. The third-order valence-electron chi connectivity index (χ3n) is 4.39. The maximum atomic E-state index is 12.6. The number of carbonyl (C=O) groups excluding carboxylic acids is 1. The first-order chi connectivity index (χ1) is 14.4. The number of benzene rings is 1. The molecule has 0 radical (unpaired) electrons. The number of allylic oxidation sites excluding steroid dienone is 1. The van der Waals surface area contributed by atoms with Gasteiger partial charge >= 0.3 is 0 Å². The minimum absolute atomic E-state index is 0.0665. The van der Waals surface area contributed by atoms with Crippen LogP contribution in [-0.2, 0) is 4.79 Å². The van der Waals surface area contributed by atoms with E-state index in [4.69, 9.17) is 9.47 Å². The number of amides is 1. The number of hydrogen-bond donors (Lipinski definition) is 0. The molecule has 0 aliphatic carbocycles.